The molecular formula is C11H18N2O. The van der Waals surface area contributed by atoms with Crippen molar-refractivity contribution in [3.8, 4) is 0 Å². The number of hydrogen-bond donors (Lipinski definition) is 3. The lowest BCUT2D eigenvalue weighted by Crippen LogP contribution is -2.21. The van der Waals surface area contributed by atoms with E-state index in [0.717, 1.165) is 18.7 Å². The lowest BCUT2D eigenvalue weighted by molar-refractivity contribution is 0.293. The zero-order valence-electron chi connectivity index (χ0n) is 8.59. The maximum Gasteiger partial charge on any atom is 0.0555 e. The van der Waals surface area contributed by atoms with E-state index in [4.69, 9.17) is 10.8 Å². The molecule has 1 aromatic rings. The van der Waals surface area contributed by atoms with Gasteiger partial charge in [0.15, 0.2) is 0 Å². The number of aliphatic hydroxyl groups excluding tert-OH is 1. The molecule has 0 atom stereocenters. The minimum Gasteiger partial charge on any atom is -0.399 e. The summed E-state index contributed by atoms with van der Waals surface area (Å²) in [4.78, 5) is 0. The number of hydrogen-bond acceptors (Lipinski definition) is 3. The highest BCUT2D eigenvalue weighted by Gasteiger charge is 1.98. The monoisotopic (exact) mass is 194 g/mol. The topological polar surface area (TPSA) is 58.3 Å². The second-order valence-corrected chi connectivity index (χ2v) is 3.43. The van der Waals surface area contributed by atoms with E-state index < -0.39 is 0 Å². The Hall–Kier alpha value is -1.06. The van der Waals surface area contributed by atoms with Gasteiger partial charge in [-0.1, -0.05) is 17.7 Å². The van der Waals surface area contributed by atoms with E-state index in [9.17, 15) is 0 Å². The normalized spacial score (nSPS) is 10.4. The summed E-state index contributed by atoms with van der Waals surface area (Å²) in [7, 11) is 0. The van der Waals surface area contributed by atoms with Crippen LogP contribution >= 0.6 is 0 Å². The summed E-state index contributed by atoms with van der Waals surface area (Å²) in [5, 5.41) is 11.7. The number of aryl methyl sites for hydroxylation is 1. The van der Waals surface area contributed by atoms with Crippen LogP contribution in [-0.2, 0) is 6.42 Å². The molecule has 4 N–H and O–H groups in total. The molecular weight excluding hydrogens is 176 g/mol. The van der Waals surface area contributed by atoms with Crippen LogP contribution in [0.4, 0.5) is 5.69 Å². The Labute approximate surface area is 84.9 Å². The van der Waals surface area contributed by atoms with Crippen LogP contribution in [0.5, 0.6) is 0 Å². The third-order valence-corrected chi connectivity index (χ3v) is 2.16. The van der Waals surface area contributed by atoms with E-state index in [2.05, 4.69) is 18.3 Å². The average molecular weight is 194 g/mol. The van der Waals surface area contributed by atoms with Crippen LogP contribution in [0.15, 0.2) is 18.2 Å². The molecule has 0 aliphatic carbocycles. The van der Waals surface area contributed by atoms with Gasteiger partial charge in [-0.25, -0.2) is 0 Å². The van der Waals surface area contributed by atoms with E-state index >= 15 is 0 Å². The first-order valence-electron chi connectivity index (χ1n) is 4.90. The van der Waals surface area contributed by atoms with Gasteiger partial charge in [-0.3, -0.25) is 0 Å². The van der Waals surface area contributed by atoms with Gasteiger partial charge in [0.25, 0.3) is 0 Å². The van der Waals surface area contributed by atoms with Crippen molar-refractivity contribution in [2.75, 3.05) is 25.4 Å². The smallest absolute Gasteiger partial charge is 0.0555 e. The number of nitrogens with one attached hydrogen (secondary N) is 1. The molecule has 0 saturated carbocycles. The summed E-state index contributed by atoms with van der Waals surface area (Å²) in [6, 6.07) is 6.06. The summed E-state index contributed by atoms with van der Waals surface area (Å²) in [6.45, 7) is 3.74. The number of rotatable bonds is 5. The Morgan fingerprint density at radius 3 is 2.86 bits per heavy atom. The molecule has 0 aliphatic rings. The number of benzene rings is 1. The third kappa shape index (κ3) is 3.36. The highest BCUT2D eigenvalue weighted by molar-refractivity contribution is 5.48. The predicted octanol–water partition coefficient (Wildman–Crippen LogP) is 0.702. The molecule has 0 bridgehead atoms. The minimum atomic E-state index is 0.184. The fourth-order valence-electron chi connectivity index (χ4n) is 1.38. The first-order chi connectivity index (χ1) is 6.74. The van der Waals surface area contributed by atoms with Crippen LogP contribution in [0.1, 0.15) is 11.1 Å². The molecule has 0 radical (unpaired) electrons. The van der Waals surface area contributed by atoms with E-state index in [1.165, 1.54) is 11.1 Å². The molecule has 0 saturated heterocycles. The molecule has 0 aromatic heterocycles. The van der Waals surface area contributed by atoms with Crippen LogP contribution in [0.25, 0.3) is 0 Å². The Bertz CT molecular complexity index is 287. The zero-order valence-corrected chi connectivity index (χ0v) is 8.59. The summed E-state index contributed by atoms with van der Waals surface area (Å²) < 4.78 is 0. The molecule has 0 spiro atoms. The average Bonchev–Trinajstić information content (AvgIpc) is 2.18. The first kappa shape index (κ1) is 11.0. The highest BCUT2D eigenvalue weighted by atomic mass is 16.3. The lowest BCUT2D eigenvalue weighted by atomic mass is 10.1. The number of nitrogen functional groups attached to an aromatic ring is 1. The van der Waals surface area contributed by atoms with Gasteiger partial charge < -0.3 is 16.2 Å². The van der Waals surface area contributed by atoms with Crippen molar-refractivity contribution in [2.45, 2.75) is 13.3 Å². The highest BCUT2D eigenvalue weighted by Crippen LogP contribution is 2.13. The molecule has 1 aromatic carbocycles. The molecule has 78 valence electrons. The quantitative estimate of drug-likeness (QED) is 0.478. The fourth-order valence-corrected chi connectivity index (χ4v) is 1.38. The van der Waals surface area contributed by atoms with Crippen LogP contribution in [0, 0.1) is 6.92 Å². The molecule has 0 unspecified atom stereocenters. The van der Waals surface area contributed by atoms with Gasteiger partial charge in [0.05, 0.1) is 6.61 Å². The van der Waals surface area contributed by atoms with Crippen molar-refractivity contribution in [3.05, 3.63) is 29.3 Å². The number of anilines is 1. The Morgan fingerprint density at radius 2 is 2.14 bits per heavy atom. The molecule has 0 amide bonds. The zero-order chi connectivity index (χ0) is 10.4. The third-order valence-electron chi connectivity index (χ3n) is 2.16. The summed E-state index contributed by atoms with van der Waals surface area (Å²) in [5.41, 5.74) is 9.08. The van der Waals surface area contributed by atoms with Crippen LogP contribution in [0.3, 0.4) is 0 Å². The van der Waals surface area contributed by atoms with Crippen molar-refractivity contribution >= 4 is 5.69 Å². The van der Waals surface area contributed by atoms with Gasteiger partial charge in [0, 0.05) is 12.2 Å². The Balaban J connectivity index is 2.45. The second kappa shape index (κ2) is 5.62. The van der Waals surface area contributed by atoms with Crippen molar-refractivity contribution in [1.82, 2.24) is 5.32 Å². The molecule has 0 aliphatic heterocycles. The van der Waals surface area contributed by atoms with Crippen LogP contribution < -0.4 is 11.1 Å². The summed E-state index contributed by atoms with van der Waals surface area (Å²) >= 11 is 0. The fraction of sp³-hybridized carbons (Fsp3) is 0.455. The second-order valence-electron chi connectivity index (χ2n) is 3.43. The van der Waals surface area contributed by atoms with Crippen molar-refractivity contribution < 1.29 is 5.11 Å². The molecule has 14 heavy (non-hydrogen) atoms. The molecule has 3 heteroatoms. The molecule has 0 fully saturated rings. The largest absolute Gasteiger partial charge is 0.399 e. The number of aliphatic hydroxyl groups is 1. The first-order valence-corrected chi connectivity index (χ1v) is 4.90. The Morgan fingerprint density at radius 1 is 1.36 bits per heavy atom. The van der Waals surface area contributed by atoms with E-state index in [-0.39, 0.29) is 6.61 Å². The van der Waals surface area contributed by atoms with Gasteiger partial charge in [0.1, 0.15) is 0 Å². The van der Waals surface area contributed by atoms with Crippen molar-refractivity contribution in [2.24, 2.45) is 0 Å². The van der Waals surface area contributed by atoms with Gasteiger partial charge in [-0.15, -0.1) is 0 Å². The Kier molecular flexibility index (Phi) is 4.43. The summed E-state index contributed by atoms with van der Waals surface area (Å²) in [6.07, 6.45) is 0.910. The van der Waals surface area contributed by atoms with Crippen LogP contribution in [-0.4, -0.2) is 24.8 Å². The van der Waals surface area contributed by atoms with Gasteiger partial charge in [0.2, 0.25) is 0 Å². The predicted molar refractivity (Wildman–Crippen MR) is 59.3 cm³/mol. The van der Waals surface area contributed by atoms with E-state index in [1.807, 2.05) is 12.1 Å². The van der Waals surface area contributed by atoms with Gasteiger partial charge in [-0.2, -0.15) is 0 Å². The maximum atomic E-state index is 8.57. The van der Waals surface area contributed by atoms with Crippen molar-refractivity contribution in [3.63, 3.8) is 0 Å². The minimum absolute atomic E-state index is 0.184. The SMILES string of the molecule is Cc1ccc(N)c(CCNCCO)c1. The maximum absolute atomic E-state index is 8.57. The number of nitrogens with two attached hydrogens (primary N) is 1. The molecule has 0 heterocycles. The standard InChI is InChI=1S/C11H18N2O/c1-9-2-3-11(12)10(8-9)4-5-13-6-7-14/h2-3,8,13-14H,4-7,12H2,1H3. The molecule has 3 nitrogen and oxygen atoms in total. The van der Waals surface area contributed by atoms with E-state index in [1.54, 1.807) is 0 Å². The lowest BCUT2D eigenvalue weighted by Gasteiger charge is -2.07. The van der Waals surface area contributed by atoms with E-state index in [0.29, 0.717) is 6.54 Å². The van der Waals surface area contributed by atoms with Crippen molar-refractivity contribution in [1.29, 1.82) is 0 Å². The summed E-state index contributed by atoms with van der Waals surface area (Å²) in [5.74, 6) is 0. The molecule has 1 rings (SSSR count). The van der Waals surface area contributed by atoms with Crippen LogP contribution in [0.2, 0.25) is 0 Å². The van der Waals surface area contributed by atoms with Gasteiger partial charge >= 0.3 is 0 Å². The van der Waals surface area contributed by atoms with Gasteiger partial charge in [-0.05, 0) is 31.5 Å².